The first-order valence-corrected chi connectivity index (χ1v) is 5.06. The van der Waals surface area contributed by atoms with Gasteiger partial charge in [0.2, 0.25) is 0 Å². The molecule has 5 atom stereocenters. The fourth-order valence-electron chi connectivity index (χ4n) is 1.08. The van der Waals surface area contributed by atoms with Crippen molar-refractivity contribution in [1.82, 2.24) is 0 Å². The van der Waals surface area contributed by atoms with Gasteiger partial charge in [0.05, 0.1) is 6.61 Å². The van der Waals surface area contributed by atoms with E-state index in [0.29, 0.717) is 0 Å². The van der Waals surface area contributed by atoms with Gasteiger partial charge in [-0.05, 0) is 0 Å². The van der Waals surface area contributed by atoms with Gasteiger partial charge in [-0.25, -0.2) is 0 Å². The highest BCUT2D eigenvalue weighted by Crippen LogP contribution is 2.18. The molecule has 1 rings (SSSR count). The second-order valence-corrected chi connectivity index (χ2v) is 2.72. The summed E-state index contributed by atoms with van der Waals surface area (Å²) in [6.07, 6.45) is -7.04. The van der Waals surface area contributed by atoms with E-state index in [1.807, 2.05) is 13.8 Å². The molecule has 0 aromatic carbocycles. The molecule has 0 aromatic heterocycles. The quantitative estimate of drug-likeness (QED) is 0.394. The minimum Gasteiger partial charge on any atom is -0.394 e. The first-order chi connectivity index (χ1) is 7.57. The van der Waals surface area contributed by atoms with Crippen molar-refractivity contribution in [2.45, 2.75) is 52.0 Å². The van der Waals surface area contributed by atoms with Crippen LogP contribution >= 0.6 is 0 Å². The van der Waals surface area contributed by atoms with E-state index in [-0.39, 0.29) is 7.43 Å². The highest BCUT2D eigenvalue weighted by atomic mass is 16.6. The number of ether oxygens (including phenoxy) is 1. The lowest BCUT2D eigenvalue weighted by Crippen LogP contribution is -2.58. The Morgan fingerprint density at radius 1 is 0.941 bits per heavy atom. The van der Waals surface area contributed by atoms with Crippen molar-refractivity contribution >= 4 is 0 Å². The molecule has 6 heteroatoms. The molecule has 0 amide bonds. The minimum atomic E-state index is -1.57. The Morgan fingerprint density at radius 2 is 1.35 bits per heavy atom. The highest BCUT2D eigenvalue weighted by molar-refractivity contribution is 4.87. The average Bonchev–Trinajstić information content (AvgIpc) is 2.36. The number of hydrogen-bond donors (Lipinski definition) is 5. The number of aliphatic hydroxyl groups is 5. The van der Waals surface area contributed by atoms with E-state index in [9.17, 15) is 0 Å². The number of aliphatic hydroxyl groups excluding tert-OH is 5. The van der Waals surface area contributed by atoms with Crippen molar-refractivity contribution in [3.63, 3.8) is 0 Å². The topological polar surface area (TPSA) is 110 Å². The summed E-state index contributed by atoms with van der Waals surface area (Å²) in [6.45, 7) is 9.47. The van der Waals surface area contributed by atoms with Gasteiger partial charge in [-0.3, -0.25) is 0 Å². The van der Waals surface area contributed by atoms with Crippen molar-refractivity contribution in [2.75, 3.05) is 6.61 Å². The van der Waals surface area contributed by atoms with Crippen LogP contribution in [0.15, 0.2) is 13.2 Å². The van der Waals surface area contributed by atoms with Gasteiger partial charge < -0.3 is 30.3 Å². The van der Waals surface area contributed by atoms with Crippen LogP contribution in [-0.4, -0.2) is 62.8 Å². The first kappa shape index (κ1) is 21.8. The summed E-state index contributed by atoms with van der Waals surface area (Å²) in [4.78, 5) is 0. The van der Waals surface area contributed by atoms with Gasteiger partial charge in [0.25, 0.3) is 0 Å². The molecule has 0 aromatic rings. The van der Waals surface area contributed by atoms with Gasteiger partial charge in [-0.2, -0.15) is 0 Å². The monoisotopic (exact) mass is 254 g/mol. The van der Waals surface area contributed by atoms with Gasteiger partial charge in [0.1, 0.15) is 24.4 Å². The lowest BCUT2D eigenvalue weighted by Gasteiger charge is -2.37. The largest absolute Gasteiger partial charge is 0.394 e. The minimum absolute atomic E-state index is 0. The molecule has 17 heavy (non-hydrogen) atoms. The zero-order chi connectivity index (χ0) is 13.3. The summed E-state index contributed by atoms with van der Waals surface area (Å²) in [5.74, 6) is 0. The third-order valence-corrected chi connectivity index (χ3v) is 1.87. The van der Waals surface area contributed by atoms with Crippen LogP contribution in [0.25, 0.3) is 0 Å². The molecule has 106 valence electrons. The molecular formula is C11H26O6. The predicted octanol–water partition coefficient (Wildman–Crippen LogP) is -0.757. The van der Waals surface area contributed by atoms with Crippen molar-refractivity contribution in [3.8, 4) is 0 Å². The third kappa shape index (κ3) is 6.11. The lowest BCUT2D eigenvalue weighted by molar-refractivity contribution is -0.286. The summed E-state index contributed by atoms with van der Waals surface area (Å²) >= 11 is 0. The van der Waals surface area contributed by atoms with Crippen molar-refractivity contribution in [2.24, 2.45) is 0 Å². The summed E-state index contributed by atoms with van der Waals surface area (Å²) in [7, 11) is 0. The van der Waals surface area contributed by atoms with Gasteiger partial charge in [-0.15, -0.1) is 13.2 Å². The van der Waals surface area contributed by atoms with E-state index in [2.05, 4.69) is 17.9 Å². The van der Waals surface area contributed by atoms with Crippen LogP contribution in [0.4, 0.5) is 0 Å². The summed E-state index contributed by atoms with van der Waals surface area (Å²) in [5.41, 5.74) is 0. The summed E-state index contributed by atoms with van der Waals surface area (Å²) in [6, 6.07) is 0. The fraction of sp³-hybridized carbons (Fsp3) is 0.818. The van der Waals surface area contributed by atoms with Crippen LogP contribution in [-0.2, 0) is 4.74 Å². The Bertz CT molecular complexity index is 161. The van der Waals surface area contributed by atoms with Crippen LogP contribution < -0.4 is 0 Å². The summed E-state index contributed by atoms with van der Waals surface area (Å²) in [5, 5.41) is 44.7. The zero-order valence-electron chi connectivity index (χ0n) is 9.65. The predicted molar refractivity (Wildman–Crippen MR) is 65.3 cm³/mol. The Hall–Kier alpha value is -0.500. The van der Waals surface area contributed by atoms with E-state index >= 15 is 0 Å². The van der Waals surface area contributed by atoms with E-state index in [0.717, 1.165) is 0 Å². The Morgan fingerprint density at radius 3 is 1.71 bits per heavy atom. The molecule has 1 aliphatic heterocycles. The molecule has 3 unspecified atom stereocenters. The van der Waals surface area contributed by atoms with Crippen molar-refractivity contribution < 1.29 is 30.3 Å². The molecule has 1 heterocycles. The Balaban J connectivity index is -0.000000355. The molecule has 1 fully saturated rings. The van der Waals surface area contributed by atoms with Crippen molar-refractivity contribution in [3.05, 3.63) is 13.2 Å². The molecule has 0 radical (unpaired) electrons. The maximum atomic E-state index is 9.12. The highest BCUT2D eigenvalue weighted by Gasteiger charge is 2.42. The third-order valence-electron chi connectivity index (χ3n) is 1.87. The average molecular weight is 254 g/mol. The molecule has 1 aliphatic rings. The maximum Gasteiger partial charge on any atom is 0.184 e. The second-order valence-electron chi connectivity index (χ2n) is 2.72. The molecule has 0 saturated carbocycles. The number of rotatable bonds is 1. The zero-order valence-corrected chi connectivity index (χ0v) is 9.65. The number of hydrogen-bond acceptors (Lipinski definition) is 6. The Kier molecular flexibility index (Phi) is 15.3. The maximum absolute atomic E-state index is 9.12. The van der Waals surface area contributed by atoms with E-state index < -0.39 is 37.3 Å². The fourth-order valence-corrected chi connectivity index (χ4v) is 1.08. The van der Waals surface area contributed by atoms with E-state index in [1.165, 1.54) is 0 Å². The van der Waals surface area contributed by atoms with Crippen molar-refractivity contribution in [1.29, 1.82) is 0 Å². The molecule has 1 saturated heterocycles. The smallest absolute Gasteiger partial charge is 0.184 e. The van der Waals surface area contributed by atoms with Crippen LogP contribution in [0.3, 0.4) is 0 Å². The van der Waals surface area contributed by atoms with Gasteiger partial charge >= 0.3 is 0 Å². The first-order valence-electron chi connectivity index (χ1n) is 5.06. The van der Waals surface area contributed by atoms with E-state index in [1.54, 1.807) is 0 Å². The van der Waals surface area contributed by atoms with Gasteiger partial charge in [-0.1, -0.05) is 21.3 Å². The van der Waals surface area contributed by atoms with E-state index in [4.69, 9.17) is 25.5 Å². The molecule has 0 aliphatic carbocycles. The van der Waals surface area contributed by atoms with Gasteiger partial charge in [0, 0.05) is 0 Å². The molecule has 5 N–H and O–H groups in total. The lowest BCUT2D eigenvalue weighted by atomic mass is 10.00. The molecule has 6 nitrogen and oxygen atoms in total. The second kappa shape index (κ2) is 12.0. The Labute approximate surface area is 103 Å². The van der Waals surface area contributed by atoms with Crippen LogP contribution in [0.2, 0.25) is 0 Å². The van der Waals surface area contributed by atoms with Crippen LogP contribution in [0, 0.1) is 0 Å². The van der Waals surface area contributed by atoms with Gasteiger partial charge in [0.15, 0.2) is 6.29 Å². The van der Waals surface area contributed by atoms with Crippen LogP contribution in [0.1, 0.15) is 21.3 Å². The van der Waals surface area contributed by atoms with Crippen LogP contribution in [0.5, 0.6) is 0 Å². The summed E-state index contributed by atoms with van der Waals surface area (Å²) < 4.78 is 4.58. The molecule has 0 spiro atoms. The molecule has 0 bridgehead atoms. The molecular weight excluding hydrogens is 228 g/mol. The standard InChI is InChI=1S/C6H12O6.C2H6.C2H4.CH4/c7-1-2-3(8)4(9)5(10)6(11)12-2;2*1-2;/h2-11H,1H2;1-2H3;1-2H2;1H4/t2?,3-,4+,5?,6?;;;/m1.../s1. The normalized spacial score (nSPS) is 35.4. The SMILES string of the molecule is C.C=C.CC.OCC1OC(O)C(O)[C@@H](O)[C@@H]1O.